The Morgan fingerprint density at radius 3 is 2.67 bits per heavy atom. The number of rotatable bonds is 4. The molecule has 0 aliphatic rings. The van der Waals surface area contributed by atoms with E-state index < -0.39 is 5.41 Å². The van der Waals surface area contributed by atoms with Crippen LogP contribution in [0.25, 0.3) is 0 Å². The highest BCUT2D eigenvalue weighted by Gasteiger charge is 2.22. The minimum atomic E-state index is -0.405. The van der Waals surface area contributed by atoms with Crippen LogP contribution in [0.2, 0.25) is 5.02 Å². The Hall–Kier alpha value is -1.13. The van der Waals surface area contributed by atoms with E-state index in [1.54, 1.807) is 18.2 Å². The van der Waals surface area contributed by atoms with Crippen molar-refractivity contribution in [3.05, 3.63) is 34.3 Å². The van der Waals surface area contributed by atoms with Crippen LogP contribution < -0.4 is 11.1 Å². The van der Waals surface area contributed by atoms with Crippen LogP contribution in [0.5, 0.6) is 0 Å². The Bertz CT molecular complexity index is 486. The molecule has 98 valence electrons. The monoisotopic (exact) mass is 284 g/mol. The van der Waals surface area contributed by atoms with E-state index >= 15 is 0 Å². The molecular formula is C13H17ClN2OS. The molecule has 1 aromatic rings. The number of thiocarbonyl (C=S) groups is 1. The van der Waals surface area contributed by atoms with Gasteiger partial charge in [0, 0.05) is 22.5 Å². The smallest absolute Gasteiger partial charge is 0.251 e. The predicted octanol–water partition coefficient (Wildman–Crippen LogP) is 2.69. The molecule has 0 radical (unpaired) electrons. The molecule has 3 nitrogen and oxygen atoms in total. The van der Waals surface area contributed by atoms with Crippen LogP contribution in [0.4, 0.5) is 0 Å². The summed E-state index contributed by atoms with van der Waals surface area (Å²) in [4.78, 5) is 12.4. The maximum absolute atomic E-state index is 12.0. The second kappa shape index (κ2) is 5.67. The van der Waals surface area contributed by atoms with Gasteiger partial charge in [0.25, 0.3) is 5.91 Å². The lowest BCUT2D eigenvalue weighted by molar-refractivity contribution is 0.0944. The van der Waals surface area contributed by atoms with E-state index in [2.05, 4.69) is 5.32 Å². The standard InChI is InChI=1S/C13H17ClN2OS/c1-8-9(5-4-6-10(8)14)11(17)16-7-13(2,3)12(15)18/h4-6H,7H2,1-3H3,(H2,15,18)(H,16,17). The molecular weight excluding hydrogens is 268 g/mol. The molecule has 0 aliphatic carbocycles. The van der Waals surface area contributed by atoms with Crippen molar-refractivity contribution >= 4 is 34.7 Å². The van der Waals surface area contributed by atoms with E-state index in [-0.39, 0.29) is 5.91 Å². The first-order valence-corrected chi connectivity index (χ1v) is 6.37. The average molecular weight is 285 g/mol. The summed E-state index contributed by atoms with van der Waals surface area (Å²) in [7, 11) is 0. The number of halogens is 1. The molecule has 0 aromatic heterocycles. The summed E-state index contributed by atoms with van der Waals surface area (Å²) in [6.45, 7) is 5.99. The summed E-state index contributed by atoms with van der Waals surface area (Å²) in [6.07, 6.45) is 0. The number of benzene rings is 1. The average Bonchev–Trinajstić information content (AvgIpc) is 2.29. The van der Waals surface area contributed by atoms with Crippen molar-refractivity contribution in [1.82, 2.24) is 5.32 Å². The molecule has 18 heavy (non-hydrogen) atoms. The first kappa shape index (κ1) is 14.9. The molecule has 1 aromatic carbocycles. The SMILES string of the molecule is Cc1c(Cl)cccc1C(=O)NCC(C)(C)C(N)=S. The van der Waals surface area contributed by atoms with Crippen LogP contribution in [0.3, 0.4) is 0 Å². The van der Waals surface area contributed by atoms with E-state index in [1.165, 1.54) is 0 Å². The number of amides is 1. The summed E-state index contributed by atoms with van der Waals surface area (Å²) in [5, 5.41) is 3.40. The molecule has 0 saturated heterocycles. The topological polar surface area (TPSA) is 55.1 Å². The summed E-state index contributed by atoms with van der Waals surface area (Å²) in [5.41, 5.74) is 6.54. The highest BCUT2D eigenvalue weighted by molar-refractivity contribution is 7.80. The molecule has 3 N–H and O–H groups in total. The van der Waals surface area contributed by atoms with Gasteiger partial charge in [0.15, 0.2) is 0 Å². The minimum Gasteiger partial charge on any atom is -0.393 e. The number of carbonyl (C=O) groups is 1. The Balaban J connectivity index is 2.78. The molecule has 0 spiro atoms. The quantitative estimate of drug-likeness (QED) is 0.836. The van der Waals surface area contributed by atoms with E-state index in [1.807, 2.05) is 20.8 Å². The highest BCUT2D eigenvalue weighted by Crippen LogP contribution is 2.19. The van der Waals surface area contributed by atoms with Gasteiger partial charge in [0.1, 0.15) is 0 Å². The van der Waals surface area contributed by atoms with Crippen molar-refractivity contribution in [2.24, 2.45) is 11.1 Å². The van der Waals surface area contributed by atoms with Gasteiger partial charge >= 0.3 is 0 Å². The lowest BCUT2D eigenvalue weighted by Gasteiger charge is -2.23. The van der Waals surface area contributed by atoms with Crippen LogP contribution >= 0.6 is 23.8 Å². The third-order valence-electron chi connectivity index (χ3n) is 2.87. The molecule has 1 amide bonds. The number of carbonyl (C=O) groups excluding carboxylic acids is 1. The van der Waals surface area contributed by atoms with Crippen LogP contribution in [-0.2, 0) is 0 Å². The Morgan fingerprint density at radius 1 is 1.50 bits per heavy atom. The van der Waals surface area contributed by atoms with Gasteiger partial charge in [0.05, 0.1) is 4.99 Å². The summed E-state index contributed by atoms with van der Waals surface area (Å²) in [6, 6.07) is 5.25. The zero-order valence-electron chi connectivity index (χ0n) is 10.7. The number of hydrogen-bond acceptors (Lipinski definition) is 2. The lowest BCUT2D eigenvalue weighted by Crippen LogP contribution is -2.41. The first-order valence-electron chi connectivity index (χ1n) is 5.59. The van der Waals surface area contributed by atoms with E-state index in [0.29, 0.717) is 22.1 Å². The third kappa shape index (κ3) is 3.43. The number of nitrogens with one attached hydrogen (secondary N) is 1. The normalized spacial score (nSPS) is 11.1. The Labute approximate surface area is 118 Å². The van der Waals surface area contributed by atoms with Gasteiger partial charge in [0.2, 0.25) is 0 Å². The van der Waals surface area contributed by atoms with Gasteiger partial charge in [-0.25, -0.2) is 0 Å². The highest BCUT2D eigenvalue weighted by atomic mass is 35.5. The van der Waals surface area contributed by atoms with Gasteiger partial charge in [-0.1, -0.05) is 43.7 Å². The number of hydrogen-bond donors (Lipinski definition) is 2. The van der Waals surface area contributed by atoms with Crippen LogP contribution in [0, 0.1) is 12.3 Å². The van der Waals surface area contributed by atoms with Crippen LogP contribution in [0.15, 0.2) is 18.2 Å². The maximum Gasteiger partial charge on any atom is 0.251 e. The fourth-order valence-electron chi connectivity index (χ4n) is 1.34. The molecule has 0 unspecified atom stereocenters. The van der Waals surface area contributed by atoms with Crippen molar-refractivity contribution in [2.45, 2.75) is 20.8 Å². The Morgan fingerprint density at radius 2 is 2.11 bits per heavy atom. The second-order valence-electron chi connectivity index (χ2n) is 4.84. The molecule has 0 fully saturated rings. The fourth-order valence-corrected chi connectivity index (χ4v) is 1.58. The van der Waals surface area contributed by atoms with Crippen molar-refractivity contribution in [3.8, 4) is 0 Å². The molecule has 5 heteroatoms. The van der Waals surface area contributed by atoms with E-state index in [9.17, 15) is 4.79 Å². The summed E-state index contributed by atoms with van der Waals surface area (Å²) < 4.78 is 0. The molecule has 0 heterocycles. The molecule has 0 atom stereocenters. The maximum atomic E-state index is 12.0. The first-order chi connectivity index (χ1) is 8.25. The third-order valence-corrected chi connectivity index (χ3v) is 3.83. The second-order valence-corrected chi connectivity index (χ2v) is 5.69. The summed E-state index contributed by atoms with van der Waals surface area (Å²) in [5.74, 6) is -0.167. The predicted molar refractivity (Wildman–Crippen MR) is 79.1 cm³/mol. The van der Waals surface area contributed by atoms with Crippen molar-refractivity contribution in [1.29, 1.82) is 0 Å². The molecule has 1 rings (SSSR count). The van der Waals surface area contributed by atoms with Crippen LogP contribution in [-0.4, -0.2) is 17.4 Å². The molecule has 0 aliphatic heterocycles. The van der Waals surface area contributed by atoms with Crippen molar-refractivity contribution in [2.75, 3.05) is 6.54 Å². The minimum absolute atomic E-state index is 0.167. The lowest BCUT2D eigenvalue weighted by atomic mass is 9.93. The van der Waals surface area contributed by atoms with E-state index in [0.717, 1.165) is 5.56 Å². The largest absolute Gasteiger partial charge is 0.393 e. The summed E-state index contributed by atoms with van der Waals surface area (Å²) >= 11 is 10.9. The van der Waals surface area contributed by atoms with Gasteiger partial charge in [-0.05, 0) is 24.6 Å². The van der Waals surface area contributed by atoms with Crippen molar-refractivity contribution in [3.63, 3.8) is 0 Å². The fraction of sp³-hybridized carbons (Fsp3) is 0.385. The zero-order chi connectivity index (χ0) is 13.9. The number of nitrogens with two attached hydrogens (primary N) is 1. The van der Waals surface area contributed by atoms with E-state index in [4.69, 9.17) is 29.6 Å². The Kier molecular flexibility index (Phi) is 4.71. The zero-order valence-corrected chi connectivity index (χ0v) is 12.3. The van der Waals surface area contributed by atoms with Gasteiger partial charge in [-0.2, -0.15) is 0 Å². The van der Waals surface area contributed by atoms with Gasteiger partial charge in [-0.3, -0.25) is 4.79 Å². The van der Waals surface area contributed by atoms with Crippen LogP contribution in [0.1, 0.15) is 29.8 Å². The van der Waals surface area contributed by atoms with Crippen molar-refractivity contribution < 1.29 is 4.79 Å². The van der Waals surface area contributed by atoms with Gasteiger partial charge < -0.3 is 11.1 Å². The molecule has 0 saturated carbocycles. The van der Waals surface area contributed by atoms with Gasteiger partial charge in [-0.15, -0.1) is 0 Å². The molecule has 0 bridgehead atoms.